The largest absolute Gasteiger partial charge is 0.310 e. The fourth-order valence-electron chi connectivity index (χ4n) is 2.86. The standard InChI is InChI=1S/C19H16ClN3OS/c20-14-8-6-13(7-9-14)10-18(24)21-19-16-11-25-12-17(16)22-23(19)15-4-2-1-3-5-15/h1-9H,10-12H2,(H,21,24). The molecule has 0 radical (unpaired) electrons. The predicted molar refractivity (Wildman–Crippen MR) is 102 cm³/mol. The van der Waals surface area contributed by atoms with Crippen LogP contribution in [0.15, 0.2) is 54.6 Å². The second kappa shape index (κ2) is 6.94. The van der Waals surface area contributed by atoms with Gasteiger partial charge in [-0.15, -0.1) is 0 Å². The van der Waals surface area contributed by atoms with Crippen LogP contribution in [-0.4, -0.2) is 15.7 Å². The van der Waals surface area contributed by atoms with E-state index < -0.39 is 0 Å². The maximum absolute atomic E-state index is 12.6. The van der Waals surface area contributed by atoms with Crippen LogP contribution in [0.2, 0.25) is 5.02 Å². The summed E-state index contributed by atoms with van der Waals surface area (Å²) >= 11 is 7.72. The number of aromatic nitrogens is 2. The second-order valence-electron chi connectivity index (χ2n) is 5.87. The normalized spacial score (nSPS) is 12.8. The third-order valence-corrected chi connectivity index (χ3v) is 5.31. The topological polar surface area (TPSA) is 46.9 Å². The van der Waals surface area contributed by atoms with Gasteiger partial charge in [0.1, 0.15) is 5.82 Å². The van der Waals surface area contributed by atoms with Crippen molar-refractivity contribution in [2.24, 2.45) is 0 Å². The molecular weight excluding hydrogens is 354 g/mol. The smallest absolute Gasteiger partial charge is 0.229 e. The van der Waals surface area contributed by atoms with E-state index in [4.69, 9.17) is 16.7 Å². The Morgan fingerprint density at radius 1 is 1.12 bits per heavy atom. The lowest BCUT2D eigenvalue weighted by molar-refractivity contribution is -0.115. The van der Waals surface area contributed by atoms with E-state index >= 15 is 0 Å². The van der Waals surface area contributed by atoms with Crippen molar-refractivity contribution >= 4 is 35.1 Å². The van der Waals surface area contributed by atoms with Gasteiger partial charge in [0.25, 0.3) is 0 Å². The first-order valence-corrected chi connectivity index (χ1v) is 9.52. The highest BCUT2D eigenvalue weighted by Crippen LogP contribution is 2.36. The molecule has 126 valence electrons. The van der Waals surface area contributed by atoms with Crippen molar-refractivity contribution in [3.8, 4) is 5.69 Å². The summed E-state index contributed by atoms with van der Waals surface area (Å²) in [6, 6.07) is 17.2. The summed E-state index contributed by atoms with van der Waals surface area (Å²) in [5.41, 5.74) is 4.05. The quantitative estimate of drug-likeness (QED) is 0.738. The zero-order valence-corrected chi connectivity index (χ0v) is 15.0. The lowest BCUT2D eigenvalue weighted by atomic mass is 10.1. The van der Waals surface area contributed by atoms with Crippen molar-refractivity contribution in [1.82, 2.24) is 9.78 Å². The highest BCUT2D eigenvalue weighted by atomic mass is 35.5. The molecule has 2 heterocycles. The average Bonchev–Trinajstić information content (AvgIpc) is 3.20. The summed E-state index contributed by atoms with van der Waals surface area (Å²) in [6.45, 7) is 0. The first-order chi connectivity index (χ1) is 12.2. The molecule has 1 aliphatic rings. The van der Waals surface area contributed by atoms with Crippen LogP contribution < -0.4 is 5.32 Å². The minimum absolute atomic E-state index is 0.0564. The molecule has 0 spiro atoms. The monoisotopic (exact) mass is 369 g/mol. The molecular formula is C19H16ClN3OS. The van der Waals surface area contributed by atoms with E-state index in [2.05, 4.69) is 5.32 Å². The summed E-state index contributed by atoms with van der Waals surface area (Å²) in [5.74, 6) is 2.48. The zero-order chi connectivity index (χ0) is 17.2. The number of carbonyl (C=O) groups is 1. The molecule has 0 atom stereocenters. The van der Waals surface area contributed by atoms with Crippen LogP contribution in [0.3, 0.4) is 0 Å². The van der Waals surface area contributed by atoms with Gasteiger partial charge in [-0.25, -0.2) is 4.68 Å². The van der Waals surface area contributed by atoms with Gasteiger partial charge >= 0.3 is 0 Å². The number of anilines is 1. The fraction of sp³-hybridized carbons (Fsp3) is 0.158. The Morgan fingerprint density at radius 3 is 2.64 bits per heavy atom. The fourth-order valence-corrected chi connectivity index (χ4v) is 4.02. The van der Waals surface area contributed by atoms with Crippen LogP contribution in [0.4, 0.5) is 5.82 Å². The summed E-state index contributed by atoms with van der Waals surface area (Å²) in [7, 11) is 0. The number of thioether (sulfide) groups is 1. The molecule has 0 unspecified atom stereocenters. The Labute approximate surface area is 155 Å². The van der Waals surface area contributed by atoms with Gasteiger partial charge in [0.15, 0.2) is 0 Å². The number of para-hydroxylation sites is 1. The van der Waals surface area contributed by atoms with Crippen LogP contribution in [-0.2, 0) is 22.7 Å². The molecule has 1 N–H and O–H groups in total. The van der Waals surface area contributed by atoms with E-state index in [1.807, 2.05) is 58.9 Å². The average molecular weight is 370 g/mol. The molecule has 6 heteroatoms. The van der Waals surface area contributed by atoms with Crippen LogP contribution in [0, 0.1) is 0 Å². The lowest BCUT2D eigenvalue weighted by Crippen LogP contribution is -2.18. The number of amides is 1. The first kappa shape index (κ1) is 16.2. The molecule has 4 nitrogen and oxygen atoms in total. The second-order valence-corrected chi connectivity index (χ2v) is 7.29. The number of hydrogen-bond acceptors (Lipinski definition) is 3. The van der Waals surface area contributed by atoms with Gasteiger partial charge in [-0.1, -0.05) is 41.9 Å². The number of fused-ring (bicyclic) bond motifs is 1. The van der Waals surface area contributed by atoms with Crippen molar-refractivity contribution in [3.05, 3.63) is 76.4 Å². The van der Waals surface area contributed by atoms with Gasteiger partial charge in [0, 0.05) is 22.1 Å². The number of halogens is 1. The highest BCUT2D eigenvalue weighted by molar-refractivity contribution is 7.98. The number of rotatable bonds is 4. The van der Waals surface area contributed by atoms with Gasteiger partial charge in [0.05, 0.1) is 17.8 Å². The third-order valence-electron chi connectivity index (χ3n) is 4.09. The molecule has 1 aromatic heterocycles. The van der Waals surface area contributed by atoms with E-state index in [0.29, 0.717) is 11.4 Å². The van der Waals surface area contributed by atoms with Crippen molar-refractivity contribution in [3.63, 3.8) is 0 Å². The van der Waals surface area contributed by atoms with Crippen molar-refractivity contribution in [2.45, 2.75) is 17.9 Å². The van der Waals surface area contributed by atoms with E-state index in [1.165, 1.54) is 0 Å². The van der Waals surface area contributed by atoms with Crippen LogP contribution in [0.1, 0.15) is 16.8 Å². The van der Waals surface area contributed by atoms with Gasteiger partial charge in [0.2, 0.25) is 5.91 Å². The summed E-state index contributed by atoms with van der Waals surface area (Å²) < 4.78 is 1.84. The number of carbonyl (C=O) groups excluding carboxylic acids is 1. The van der Waals surface area contributed by atoms with Crippen LogP contribution in [0.25, 0.3) is 5.69 Å². The third kappa shape index (κ3) is 3.43. The van der Waals surface area contributed by atoms with Crippen molar-refractivity contribution < 1.29 is 4.79 Å². The van der Waals surface area contributed by atoms with Gasteiger partial charge in [-0.2, -0.15) is 16.9 Å². The minimum atomic E-state index is -0.0564. The van der Waals surface area contributed by atoms with Crippen LogP contribution in [0.5, 0.6) is 0 Å². The van der Waals surface area contributed by atoms with Crippen LogP contribution >= 0.6 is 23.4 Å². The SMILES string of the molecule is O=C(Cc1ccc(Cl)cc1)Nc1c2c(nn1-c1ccccc1)CSC2. The molecule has 0 saturated heterocycles. The summed E-state index contributed by atoms with van der Waals surface area (Å²) in [5, 5.41) is 8.43. The van der Waals surface area contributed by atoms with Gasteiger partial charge < -0.3 is 5.32 Å². The zero-order valence-electron chi connectivity index (χ0n) is 13.4. The van der Waals surface area contributed by atoms with Crippen molar-refractivity contribution in [2.75, 3.05) is 5.32 Å². The van der Waals surface area contributed by atoms with E-state index in [-0.39, 0.29) is 5.91 Å². The maximum Gasteiger partial charge on any atom is 0.229 e. The number of nitrogens with one attached hydrogen (secondary N) is 1. The molecule has 4 rings (SSSR count). The Hall–Kier alpha value is -2.24. The molecule has 0 fully saturated rings. The van der Waals surface area contributed by atoms with Gasteiger partial charge in [-0.05, 0) is 29.8 Å². The lowest BCUT2D eigenvalue weighted by Gasteiger charge is -2.11. The predicted octanol–water partition coefficient (Wildman–Crippen LogP) is 4.45. The molecule has 1 aliphatic heterocycles. The van der Waals surface area contributed by atoms with E-state index in [1.54, 1.807) is 12.1 Å². The Balaban J connectivity index is 1.61. The van der Waals surface area contributed by atoms with E-state index in [0.717, 1.165) is 39.8 Å². The number of nitrogens with zero attached hydrogens (tertiary/aromatic N) is 2. The molecule has 25 heavy (non-hydrogen) atoms. The highest BCUT2D eigenvalue weighted by Gasteiger charge is 2.24. The number of benzene rings is 2. The molecule has 0 aliphatic carbocycles. The minimum Gasteiger partial charge on any atom is -0.310 e. The maximum atomic E-state index is 12.6. The molecule has 2 aromatic carbocycles. The Morgan fingerprint density at radius 2 is 1.88 bits per heavy atom. The molecule has 0 bridgehead atoms. The summed E-state index contributed by atoms with van der Waals surface area (Å²) in [4.78, 5) is 12.6. The first-order valence-electron chi connectivity index (χ1n) is 7.99. The Bertz CT molecular complexity index is 906. The summed E-state index contributed by atoms with van der Waals surface area (Å²) in [6.07, 6.45) is 0.305. The molecule has 3 aromatic rings. The van der Waals surface area contributed by atoms with E-state index in [9.17, 15) is 4.79 Å². The molecule has 1 amide bonds. The van der Waals surface area contributed by atoms with Crippen molar-refractivity contribution in [1.29, 1.82) is 0 Å². The van der Waals surface area contributed by atoms with Gasteiger partial charge in [-0.3, -0.25) is 4.79 Å². The molecule has 0 saturated carbocycles. The Kier molecular flexibility index (Phi) is 4.51. The number of hydrogen-bond donors (Lipinski definition) is 1.